The van der Waals surface area contributed by atoms with Gasteiger partial charge in [0.2, 0.25) is 5.91 Å². The second-order valence-corrected chi connectivity index (χ2v) is 9.40. The Hall–Kier alpha value is -2.85. The van der Waals surface area contributed by atoms with Crippen molar-refractivity contribution in [3.05, 3.63) is 52.7 Å². The number of nitrogens with one attached hydrogen (secondary N) is 2. The molecule has 2 heterocycles. The lowest BCUT2D eigenvalue weighted by atomic mass is 9.91. The van der Waals surface area contributed by atoms with E-state index in [1.54, 1.807) is 6.07 Å². The normalized spacial score (nSPS) is 23.5. The quantitative estimate of drug-likeness (QED) is 0.493. The van der Waals surface area contributed by atoms with Crippen LogP contribution >= 0.6 is 11.6 Å². The molecule has 0 saturated heterocycles. The molecule has 7 nitrogen and oxygen atoms in total. The molecule has 5 rings (SSSR count). The summed E-state index contributed by atoms with van der Waals surface area (Å²) < 4.78 is 51.4. The first-order valence-corrected chi connectivity index (χ1v) is 11.3. The van der Waals surface area contributed by atoms with Crippen molar-refractivity contribution in [2.45, 2.75) is 50.7 Å². The van der Waals surface area contributed by atoms with Crippen molar-refractivity contribution in [1.29, 1.82) is 0 Å². The summed E-state index contributed by atoms with van der Waals surface area (Å²) in [5.74, 6) is -6.41. The minimum absolute atomic E-state index is 0.0743. The molecule has 2 fully saturated rings. The number of ether oxygens (including phenoxy) is 1. The fraction of sp³-hybridized carbons (Fsp3) is 0.435. The molecule has 0 bridgehead atoms. The first-order valence-electron chi connectivity index (χ1n) is 10.9. The Balaban J connectivity index is 1.40. The van der Waals surface area contributed by atoms with Crippen molar-refractivity contribution in [3.63, 3.8) is 0 Å². The molecule has 1 aromatic carbocycles. The van der Waals surface area contributed by atoms with Crippen LogP contribution in [0, 0.1) is 11.2 Å². The molecule has 11 heteroatoms. The van der Waals surface area contributed by atoms with Crippen molar-refractivity contribution in [2.24, 2.45) is 5.41 Å². The van der Waals surface area contributed by atoms with Gasteiger partial charge >= 0.3 is 0 Å². The number of carbonyl (C=O) groups is 1. The number of hydrogen-bond donors (Lipinski definition) is 2. The maximum atomic E-state index is 15.1. The smallest absolute Gasteiger partial charge is 0.271 e. The van der Waals surface area contributed by atoms with Crippen molar-refractivity contribution in [1.82, 2.24) is 19.9 Å². The largest absolute Gasteiger partial charge is 0.378 e. The summed E-state index contributed by atoms with van der Waals surface area (Å²) >= 11 is 5.98. The van der Waals surface area contributed by atoms with Gasteiger partial charge in [-0.3, -0.25) is 4.79 Å². The van der Waals surface area contributed by atoms with Crippen LogP contribution in [-0.2, 0) is 16.1 Å². The second kappa shape index (κ2) is 8.13. The molecule has 2 aliphatic rings. The molecule has 34 heavy (non-hydrogen) atoms. The van der Waals surface area contributed by atoms with Crippen LogP contribution in [0.15, 0.2) is 30.5 Å². The van der Waals surface area contributed by atoms with E-state index < -0.39 is 29.0 Å². The number of benzene rings is 1. The summed E-state index contributed by atoms with van der Waals surface area (Å²) in [6.45, 7) is 1.37. The number of rotatable bonds is 7. The molecule has 2 aromatic heterocycles. The third-order valence-electron chi connectivity index (χ3n) is 6.89. The van der Waals surface area contributed by atoms with Crippen molar-refractivity contribution in [2.75, 3.05) is 12.4 Å². The van der Waals surface area contributed by atoms with Crippen LogP contribution in [0.5, 0.6) is 0 Å². The number of anilines is 2. The van der Waals surface area contributed by atoms with Gasteiger partial charge in [0, 0.05) is 24.9 Å². The Morgan fingerprint density at radius 3 is 2.74 bits per heavy atom. The lowest BCUT2D eigenvalue weighted by Gasteiger charge is -2.28. The number of aromatic nitrogens is 3. The van der Waals surface area contributed by atoms with Crippen LogP contribution in [0.3, 0.4) is 0 Å². The minimum Gasteiger partial charge on any atom is -0.378 e. The third-order valence-corrected chi connectivity index (χ3v) is 7.07. The maximum absolute atomic E-state index is 15.1. The average molecular weight is 494 g/mol. The average Bonchev–Trinajstić information content (AvgIpc) is 3.02. The van der Waals surface area contributed by atoms with E-state index in [4.69, 9.17) is 16.3 Å². The van der Waals surface area contributed by atoms with Gasteiger partial charge in [0.1, 0.15) is 11.2 Å². The van der Waals surface area contributed by atoms with Gasteiger partial charge in [-0.05, 0) is 43.9 Å². The van der Waals surface area contributed by atoms with Crippen molar-refractivity contribution in [3.8, 4) is 0 Å². The first-order chi connectivity index (χ1) is 16.2. The first kappa shape index (κ1) is 22.9. The Labute approximate surface area is 198 Å². The highest BCUT2D eigenvalue weighted by Crippen LogP contribution is 2.71. The monoisotopic (exact) mass is 493 g/mol. The van der Waals surface area contributed by atoms with E-state index in [-0.39, 0.29) is 23.4 Å². The van der Waals surface area contributed by atoms with E-state index in [2.05, 4.69) is 20.7 Å². The van der Waals surface area contributed by atoms with Gasteiger partial charge < -0.3 is 15.4 Å². The molecule has 3 aromatic rings. The standard InChI is InChI=1S/C23H23ClF3N5O2/c1-22(21(33)30-12-4-3-5-12)20(23(22,26)27)14-7-6-13(8-15(14)25)29-16-10-28-19-9-18(24)31-32(19)17(16)11-34-2/h6-10,12,20,29H,3-5,11H2,1-2H3,(H,30,33). The number of fused-ring (bicyclic) bond motifs is 1. The van der Waals surface area contributed by atoms with E-state index in [1.807, 2.05) is 0 Å². The summed E-state index contributed by atoms with van der Waals surface area (Å²) in [6, 6.07) is 5.44. The molecule has 0 spiro atoms. The summed E-state index contributed by atoms with van der Waals surface area (Å²) in [7, 11) is 1.52. The molecule has 1 amide bonds. The fourth-order valence-corrected chi connectivity index (χ4v) is 4.71. The maximum Gasteiger partial charge on any atom is 0.271 e. The van der Waals surface area contributed by atoms with Crippen LogP contribution in [0.2, 0.25) is 5.15 Å². The van der Waals surface area contributed by atoms with Gasteiger partial charge in [0.25, 0.3) is 5.92 Å². The molecule has 0 radical (unpaired) electrons. The number of methoxy groups -OCH3 is 1. The second-order valence-electron chi connectivity index (χ2n) is 9.01. The molecule has 0 aliphatic heterocycles. The predicted molar refractivity (Wildman–Crippen MR) is 120 cm³/mol. The van der Waals surface area contributed by atoms with E-state index in [9.17, 15) is 13.6 Å². The predicted octanol–water partition coefficient (Wildman–Crippen LogP) is 4.82. The van der Waals surface area contributed by atoms with E-state index >= 15 is 4.39 Å². The number of halogens is 4. The molecule has 2 saturated carbocycles. The Bertz CT molecular complexity index is 1280. The number of nitrogens with zero attached hydrogens (tertiary/aromatic N) is 3. The van der Waals surface area contributed by atoms with Crippen LogP contribution < -0.4 is 10.6 Å². The van der Waals surface area contributed by atoms with Gasteiger partial charge in [0.05, 0.1) is 30.1 Å². The highest BCUT2D eigenvalue weighted by molar-refractivity contribution is 6.29. The molecule has 2 unspecified atom stereocenters. The summed E-state index contributed by atoms with van der Waals surface area (Å²) in [5, 5.41) is 10.2. The zero-order valence-electron chi connectivity index (χ0n) is 18.5. The molecule has 180 valence electrons. The zero-order valence-corrected chi connectivity index (χ0v) is 19.3. The van der Waals surface area contributed by atoms with E-state index in [0.29, 0.717) is 22.7 Å². The van der Waals surface area contributed by atoms with Crippen LogP contribution in [-0.4, -0.2) is 39.6 Å². The lowest BCUT2D eigenvalue weighted by Crippen LogP contribution is -2.44. The number of hydrogen-bond acceptors (Lipinski definition) is 5. The SMILES string of the molecule is COCc1c(Nc2ccc(C3C(F)(F)C3(C)C(=O)NC3CCC3)c(F)c2)cnc2cc(Cl)nn12. The Kier molecular flexibility index (Phi) is 5.48. The topological polar surface area (TPSA) is 80.5 Å². The zero-order chi connectivity index (χ0) is 24.3. The van der Waals surface area contributed by atoms with Gasteiger partial charge in [-0.2, -0.15) is 5.10 Å². The number of alkyl halides is 2. The van der Waals surface area contributed by atoms with Crippen LogP contribution in [0.1, 0.15) is 43.4 Å². The van der Waals surface area contributed by atoms with Gasteiger partial charge in [-0.25, -0.2) is 22.7 Å². The van der Waals surface area contributed by atoms with Gasteiger partial charge in [0.15, 0.2) is 10.8 Å². The minimum atomic E-state index is -3.34. The van der Waals surface area contributed by atoms with Crippen molar-refractivity contribution >= 4 is 34.5 Å². The summed E-state index contributed by atoms with van der Waals surface area (Å²) in [6.07, 6.45) is 4.06. The highest BCUT2D eigenvalue weighted by Gasteiger charge is 2.82. The van der Waals surface area contributed by atoms with Crippen molar-refractivity contribution < 1.29 is 22.7 Å². The highest BCUT2D eigenvalue weighted by atomic mass is 35.5. The van der Waals surface area contributed by atoms with Gasteiger partial charge in [-0.1, -0.05) is 17.7 Å². The lowest BCUT2D eigenvalue weighted by molar-refractivity contribution is -0.130. The fourth-order valence-electron chi connectivity index (χ4n) is 4.54. The van der Waals surface area contributed by atoms with Crippen LogP contribution in [0.25, 0.3) is 5.65 Å². The summed E-state index contributed by atoms with van der Waals surface area (Å²) in [4.78, 5) is 16.9. The number of amides is 1. The van der Waals surface area contributed by atoms with E-state index in [1.165, 1.54) is 36.9 Å². The summed E-state index contributed by atoms with van der Waals surface area (Å²) in [5.41, 5.74) is -0.243. The molecular formula is C23H23ClF3N5O2. The molecule has 2 aliphatic carbocycles. The third kappa shape index (κ3) is 3.51. The Morgan fingerprint density at radius 2 is 2.09 bits per heavy atom. The molecule has 2 N–H and O–H groups in total. The Morgan fingerprint density at radius 1 is 1.32 bits per heavy atom. The molecule has 2 atom stereocenters. The van der Waals surface area contributed by atoms with Crippen LogP contribution in [0.4, 0.5) is 24.5 Å². The molecular weight excluding hydrogens is 471 g/mol. The number of carbonyl (C=O) groups excluding carboxylic acids is 1. The van der Waals surface area contributed by atoms with Gasteiger partial charge in [-0.15, -0.1) is 0 Å². The van der Waals surface area contributed by atoms with E-state index in [0.717, 1.165) is 25.3 Å².